The molecule has 0 aromatic heterocycles. The van der Waals surface area contributed by atoms with Crippen LogP contribution >= 0.6 is 0 Å². The van der Waals surface area contributed by atoms with Crippen LogP contribution in [0.5, 0.6) is 0 Å². The Hall–Kier alpha value is -0.260. The van der Waals surface area contributed by atoms with E-state index >= 15 is 0 Å². The van der Waals surface area contributed by atoms with Crippen molar-refractivity contribution in [1.29, 1.82) is 0 Å². The monoisotopic (exact) mass is 499 g/mol. The molecule has 0 N–H and O–H groups in total. The lowest BCUT2D eigenvalue weighted by Crippen LogP contribution is -2.57. The molecule has 0 amide bonds. The van der Waals surface area contributed by atoms with Gasteiger partial charge in [-0.3, -0.25) is 0 Å². The number of unbranched alkanes of at least 4 members (excludes halogenated alkanes) is 1. The molecule has 0 aromatic rings. The fourth-order valence-corrected chi connectivity index (χ4v) is 10.8. The highest BCUT2D eigenvalue weighted by Gasteiger charge is 2.63. The standard InChI is InChI=1S/C30H50.C4H10.C2H6/c1-20-12-17-30(6)27-14-16-29(5)25(22(3)18-23-9-7-8-21(23)2)10-11-26(29)24(27)13-15-28(30,4)19-20;1-3-4-2;1-2/h20,22-27H,2,7-19H2,1,3-6H3;3-4H2,1-2H3;1-2H3/t20?,22?,23?,24?,25?,26?,27?,28-,29?,30?;;/m0../s1. The minimum absolute atomic E-state index is 0.619. The molecule has 5 saturated carbocycles. The fraction of sp³-hybridized carbons (Fsp3) is 0.944. The van der Waals surface area contributed by atoms with Crippen LogP contribution in [-0.4, -0.2) is 0 Å². The summed E-state index contributed by atoms with van der Waals surface area (Å²) in [5.41, 5.74) is 3.45. The van der Waals surface area contributed by atoms with Crippen LogP contribution in [0.1, 0.15) is 159 Å². The third kappa shape index (κ3) is 5.41. The Morgan fingerprint density at radius 2 is 1.56 bits per heavy atom. The van der Waals surface area contributed by atoms with Crippen molar-refractivity contribution in [3.05, 3.63) is 12.2 Å². The van der Waals surface area contributed by atoms with Gasteiger partial charge in [-0.2, -0.15) is 0 Å². The summed E-state index contributed by atoms with van der Waals surface area (Å²) in [6, 6.07) is 0. The minimum atomic E-state index is 0.619. The molecular formula is C36H66. The van der Waals surface area contributed by atoms with Gasteiger partial charge in [0.05, 0.1) is 0 Å². The zero-order chi connectivity index (χ0) is 26.7. The highest BCUT2D eigenvalue weighted by Crippen LogP contribution is 2.71. The lowest BCUT2D eigenvalue weighted by Gasteiger charge is -2.65. The zero-order valence-corrected chi connectivity index (χ0v) is 26.4. The van der Waals surface area contributed by atoms with Crippen LogP contribution in [0.4, 0.5) is 0 Å². The molecule has 0 aliphatic heterocycles. The molecule has 0 saturated heterocycles. The Bertz CT molecular complexity index is 703. The van der Waals surface area contributed by atoms with E-state index in [1.807, 2.05) is 13.8 Å². The van der Waals surface area contributed by atoms with Crippen molar-refractivity contribution in [2.45, 2.75) is 159 Å². The first-order valence-electron chi connectivity index (χ1n) is 16.8. The number of hydrogen-bond acceptors (Lipinski definition) is 0. The first-order chi connectivity index (χ1) is 17.1. The van der Waals surface area contributed by atoms with Gasteiger partial charge in [0.25, 0.3) is 0 Å². The van der Waals surface area contributed by atoms with Crippen molar-refractivity contribution < 1.29 is 0 Å². The smallest absolute Gasteiger partial charge is 0.0203 e. The topological polar surface area (TPSA) is 0 Å². The van der Waals surface area contributed by atoms with Crippen LogP contribution in [-0.2, 0) is 0 Å². The van der Waals surface area contributed by atoms with Gasteiger partial charge in [0.15, 0.2) is 0 Å². The second-order valence-corrected chi connectivity index (χ2v) is 14.9. The Morgan fingerprint density at radius 3 is 2.17 bits per heavy atom. The predicted molar refractivity (Wildman–Crippen MR) is 161 cm³/mol. The lowest BCUT2D eigenvalue weighted by atomic mass is 9.39. The molecule has 0 aromatic carbocycles. The third-order valence-corrected chi connectivity index (χ3v) is 13.2. The van der Waals surface area contributed by atoms with E-state index in [-0.39, 0.29) is 0 Å². The largest absolute Gasteiger partial charge is 0.0996 e. The van der Waals surface area contributed by atoms with Crippen LogP contribution in [0.3, 0.4) is 0 Å². The SMILES string of the molecule is C=C1CCCC1CC(C)C1CCC2C3CC[C@@]4(C)CC(C)CCC4(C)C3CCC12C.CC.CCCC. The van der Waals surface area contributed by atoms with Gasteiger partial charge in [-0.25, -0.2) is 0 Å². The summed E-state index contributed by atoms with van der Waals surface area (Å²) < 4.78 is 0. The van der Waals surface area contributed by atoms with Crippen LogP contribution in [0, 0.1) is 57.7 Å². The van der Waals surface area contributed by atoms with Crippen molar-refractivity contribution in [1.82, 2.24) is 0 Å². The first-order valence-corrected chi connectivity index (χ1v) is 16.8. The Kier molecular flexibility index (Phi) is 10.3. The average molecular weight is 499 g/mol. The number of hydrogen-bond donors (Lipinski definition) is 0. The van der Waals surface area contributed by atoms with Gasteiger partial charge in [-0.1, -0.05) is 93.7 Å². The first kappa shape index (κ1) is 30.3. The van der Waals surface area contributed by atoms with Gasteiger partial charge in [0, 0.05) is 0 Å². The van der Waals surface area contributed by atoms with Gasteiger partial charge >= 0.3 is 0 Å². The molecule has 10 atom stereocenters. The maximum Gasteiger partial charge on any atom is -0.0203 e. The maximum absolute atomic E-state index is 4.43. The van der Waals surface area contributed by atoms with Crippen LogP contribution in [0.15, 0.2) is 12.2 Å². The van der Waals surface area contributed by atoms with E-state index in [2.05, 4.69) is 55.0 Å². The molecule has 0 nitrogen and oxygen atoms in total. The van der Waals surface area contributed by atoms with E-state index in [4.69, 9.17) is 0 Å². The molecule has 210 valence electrons. The summed E-state index contributed by atoms with van der Waals surface area (Å²) in [6.07, 6.45) is 21.9. The maximum atomic E-state index is 4.43. The number of allylic oxidation sites excluding steroid dienone is 1. The molecule has 0 heteroatoms. The van der Waals surface area contributed by atoms with Gasteiger partial charge < -0.3 is 0 Å². The van der Waals surface area contributed by atoms with Crippen molar-refractivity contribution in [2.75, 3.05) is 0 Å². The molecule has 5 aliphatic rings. The van der Waals surface area contributed by atoms with E-state index in [0.717, 1.165) is 41.4 Å². The average Bonchev–Trinajstić information content (AvgIpc) is 3.43. The van der Waals surface area contributed by atoms with E-state index in [1.54, 1.807) is 18.4 Å². The Labute approximate surface area is 228 Å². The number of fused-ring (bicyclic) bond motifs is 5. The summed E-state index contributed by atoms with van der Waals surface area (Å²) >= 11 is 0. The second-order valence-electron chi connectivity index (χ2n) is 14.9. The van der Waals surface area contributed by atoms with Gasteiger partial charge in [-0.05, 0) is 135 Å². The molecule has 5 aliphatic carbocycles. The molecule has 0 bridgehead atoms. The molecule has 5 rings (SSSR count). The van der Waals surface area contributed by atoms with E-state index < -0.39 is 0 Å². The molecule has 36 heavy (non-hydrogen) atoms. The molecule has 5 fully saturated rings. The van der Waals surface area contributed by atoms with Gasteiger partial charge in [0.2, 0.25) is 0 Å². The summed E-state index contributed by atoms with van der Waals surface area (Å²) in [4.78, 5) is 0. The van der Waals surface area contributed by atoms with E-state index in [0.29, 0.717) is 16.2 Å². The van der Waals surface area contributed by atoms with Crippen molar-refractivity contribution in [3.63, 3.8) is 0 Å². The highest BCUT2D eigenvalue weighted by molar-refractivity contribution is 5.13. The molecular weight excluding hydrogens is 432 g/mol. The third-order valence-electron chi connectivity index (χ3n) is 13.2. The number of rotatable bonds is 4. The normalized spacial score (nSPS) is 46.3. The second kappa shape index (κ2) is 12.3. The summed E-state index contributed by atoms with van der Waals surface area (Å²) in [7, 11) is 0. The Balaban J connectivity index is 0.000000550. The molecule has 0 radical (unpaired) electrons. The van der Waals surface area contributed by atoms with E-state index in [1.165, 1.54) is 83.5 Å². The van der Waals surface area contributed by atoms with Crippen molar-refractivity contribution >= 4 is 0 Å². The molecule has 9 unspecified atom stereocenters. The van der Waals surface area contributed by atoms with Crippen LogP contribution < -0.4 is 0 Å². The minimum Gasteiger partial charge on any atom is -0.0996 e. The Morgan fingerprint density at radius 1 is 0.861 bits per heavy atom. The van der Waals surface area contributed by atoms with E-state index in [9.17, 15) is 0 Å². The molecule has 0 heterocycles. The fourth-order valence-electron chi connectivity index (χ4n) is 10.8. The summed E-state index contributed by atoms with van der Waals surface area (Å²) in [6.45, 7) is 26.1. The molecule has 0 spiro atoms. The van der Waals surface area contributed by atoms with Crippen LogP contribution in [0.25, 0.3) is 0 Å². The summed E-state index contributed by atoms with van der Waals surface area (Å²) in [5.74, 6) is 6.75. The lowest BCUT2D eigenvalue weighted by molar-refractivity contribution is -0.161. The van der Waals surface area contributed by atoms with Crippen molar-refractivity contribution in [2.24, 2.45) is 57.7 Å². The van der Waals surface area contributed by atoms with Gasteiger partial charge in [-0.15, -0.1) is 0 Å². The van der Waals surface area contributed by atoms with Crippen LogP contribution in [0.2, 0.25) is 0 Å². The zero-order valence-electron chi connectivity index (χ0n) is 26.4. The van der Waals surface area contributed by atoms with Gasteiger partial charge in [0.1, 0.15) is 0 Å². The predicted octanol–water partition coefficient (Wildman–Crippen LogP) is 11.9. The highest BCUT2D eigenvalue weighted by atomic mass is 14.7. The van der Waals surface area contributed by atoms with Crippen molar-refractivity contribution in [3.8, 4) is 0 Å². The quantitative estimate of drug-likeness (QED) is 0.338. The summed E-state index contributed by atoms with van der Waals surface area (Å²) in [5, 5.41) is 0.